The molecule has 0 saturated heterocycles. The minimum absolute atomic E-state index is 0.201. The van der Waals surface area contributed by atoms with Crippen LogP contribution in [0.15, 0.2) is 33.9 Å². The summed E-state index contributed by atoms with van der Waals surface area (Å²) >= 11 is 3.37. The van der Waals surface area contributed by atoms with Crippen LogP contribution in [0.1, 0.15) is 0 Å². The molecule has 0 aliphatic carbocycles. The van der Waals surface area contributed by atoms with E-state index in [1.54, 1.807) is 6.33 Å². The van der Waals surface area contributed by atoms with Crippen LogP contribution in [0.25, 0.3) is 22.3 Å². The largest absolute Gasteiger partial charge is 0.339 e. The summed E-state index contributed by atoms with van der Waals surface area (Å²) in [6.07, 6.45) is 1.61. The first-order chi connectivity index (χ1) is 7.74. The molecule has 16 heavy (non-hydrogen) atoms. The molecule has 0 amide bonds. The third kappa shape index (κ3) is 1.38. The summed E-state index contributed by atoms with van der Waals surface area (Å²) in [6.45, 7) is 0. The summed E-state index contributed by atoms with van der Waals surface area (Å²) in [5.74, 6) is 0. The van der Waals surface area contributed by atoms with Gasteiger partial charge >= 0.3 is 5.69 Å². The smallest absolute Gasteiger partial charge is 0.323 e. The summed E-state index contributed by atoms with van der Waals surface area (Å²) in [4.78, 5) is 23.7. The number of H-pyrrole nitrogens is 3. The van der Waals surface area contributed by atoms with E-state index >= 15 is 0 Å². The lowest BCUT2D eigenvalue weighted by atomic mass is 10.1. The van der Waals surface area contributed by atoms with Crippen LogP contribution in [0.5, 0.6) is 0 Å². The quantitative estimate of drug-likeness (QED) is 0.637. The fourth-order valence-corrected chi connectivity index (χ4v) is 2.09. The lowest BCUT2D eigenvalue weighted by Gasteiger charge is -1.97. The molecule has 3 aromatic rings. The molecule has 0 bridgehead atoms. The Morgan fingerprint density at radius 3 is 2.75 bits per heavy atom. The third-order valence-electron chi connectivity index (χ3n) is 2.38. The molecule has 0 saturated carbocycles. The average Bonchev–Trinajstić information content (AvgIpc) is 2.81. The van der Waals surface area contributed by atoms with Crippen molar-refractivity contribution < 1.29 is 0 Å². The molecule has 3 N–H and O–H groups in total. The molecule has 0 radical (unpaired) electrons. The van der Waals surface area contributed by atoms with Crippen molar-refractivity contribution in [2.24, 2.45) is 0 Å². The second kappa shape index (κ2) is 3.34. The Hall–Kier alpha value is -1.82. The van der Waals surface area contributed by atoms with Crippen LogP contribution in [-0.4, -0.2) is 19.9 Å². The fourth-order valence-electron chi connectivity index (χ4n) is 1.66. The van der Waals surface area contributed by atoms with Crippen LogP contribution in [0.2, 0.25) is 0 Å². The maximum Gasteiger partial charge on any atom is 0.323 e. The molecule has 1 aromatic carbocycles. The summed E-state index contributed by atoms with van der Waals surface area (Å²) in [5.41, 5.74) is 3.13. The fraction of sp³-hybridized carbons (Fsp3) is 0. The molecule has 0 unspecified atom stereocenters. The SMILES string of the molecule is O=c1[nH]c2ccc(-c3nc[nH]c3Br)cc2[nH]1. The van der Waals surface area contributed by atoms with Crippen LogP contribution in [0, 0.1) is 0 Å². The van der Waals surface area contributed by atoms with Crippen LogP contribution in [0.4, 0.5) is 0 Å². The van der Waals surface area contributed by atoms with Gasteiger partial charge in [0.05, 0.1) is 17.4 Å². The van der Waals surface area contributed by atoms with Crippen LogP contribution < -0.4 is 5.69 Å². The van der Waals surface area contributed by atoms with E-state index in [4.69, 9.17) is 0 Å². The van der Waals surface area contributed by atoms with Gasteiger partial charge < -0.3 is 15.0 Å². The van der Waals surface area contributed by atoms with Gasteiger partial charge in [0.2, 0.25) is 0 Å². The highest BCUT2D eigenvalue weighted by molar-refractivity contribution is 9.10. The van der Waals surface area contributed by atoms with Gasteiger partial charge in [0.1, 0.15) is 10.3 Å². The molecule has 5 nitrogen and oxygen atoms in total. The number of fused-ring (bicyclic) bond motifs is 1. The summed E-state index contributed by atoms with van der Waals surface area (Å²) in [6, 6.07) is 5.64. The van der Waals surface area contributed by atoms with Gasteiger partial charge in [0.25, 0.3) is 0 Å². The zero-order chi connectivity index (χ0) is 11.1. The Morgan fingerprint density at radius 1 is 1.19 bits per heavy atom. The minimum Gasteiger partial charge on any atom is -0.339 e. The number of hydrogen-bond donors (Lipinski definition) is 3. The van der Waals surface area contributed by atoms with Crippen molar-refractivity contribution in [1.29, 1.82) is 0 Å². The van der Waals surface area contributed by atoms with Gasteiger partial charge in [-0.1, -0.05) is 6.07 Å². The standard InChI is InChI=1S/C10H7BrN4O/c11-9-8(12-4-13-9)5-1-2-6-7(3-5)15-10(16)14-6/h1-4H,(H,12,13)(H2,14,15,16). The van der Waals surface area contributed by atoms with Gasteiger partial charge in [-0.15, -0.1) is 0 Å². The lowest BCUT2D eigenvalue weighted by molar-refractivity contribution is 1.21. The number of hydrogen-bond acceptors (Lipinski definition) is 2. The summed E-state index contributed by atoms with van der Waals surface area (Å²) in [5, 5.41) is 0. The Morgan fingerprint density at radius 2 is 2.00 bits per heavy atom. The second-order valence-corrected chi connectivity index (χ2v) is 4.20. The summed E-state index contributed by atoms with van der Waals surface area (Å²) < 4.78 is 0.824. The van der Waals surface area contributed by atoms with Crippen molar-refractivity contribution >= 4 is 27.0 Å². The zero-order valence-corrected chi connectivity index (χ0v) is 9.63. The van der Waals surface area contributed by atoms with E-state index in [1.165, 1.54) is 0 Å². The maximum absolute atomic E-state index is 11.1. The van der Waals surface area contributed by atoms with E-state index in [0.29, 0.717) is 0 Å². The second-order valence-electron chi connectivity index (χ2n) is 3.40. The Bertz CT molecular complexity index is 709. The first-order valence-corrected chi connectivity index (χ1v) is 5.44. The van der Waals surface area contributed by atoms with Gasteiger partial charge in [0, 0.05) is 5.56 Å². The predicted octanol–water partition coefficient (Wildman–Crippen LogP) is 2.01. The average molecular weight is 279 g/mol. The maximum atomic E-state index is 11.1. The van der Waals surface area contributed by atoms with Crippen molar-refractivity contribution in [3.63, 3.8) is 0 Å². The highest BCUT2D eigenvalue weighted by Crippen LogP contribution is 2.26. The molecular weight excluding hydrogens is 272 g/mol. The number of nitrogens with zero attached hydrogens (tertiary/aromatic N) is 1. The number of aromatic nitrogens is 4. The highest BCUT2D eigenvalue weighted by atomic mass is 79.9. The molecular formula is C10H7BrN4O. The molecule has 3 rings (SSSR count). The summed E-state index contributed by atoms with van der Waals surface area (Å²) in [7, 11) is 0. The molecule has 0 fully saturated rings. The Kier molecular flexibility index (Phi) is 1.97. The van der Waals surface area contributed by atoms with E-state index in [2.05, 4.69) is 35.9 Å². The first-order valence-electron chi connectivity index (χ1n) is 4.65. The van der Waals surface area contributed by atoms with E-state index < -0.39 is 0 Å². The number of imidazole rings is 2. The van der Waals surface area contributed by atoms with Crippen LogP contribution >= 0.6 is 15.9 Å². The predicted molar refractivity (Wildman–Crippen MR) is 64.2 cm³/mol. The monoisotopic (exact) mass is 278 g/mol. The molecule has 0 aliphatic rings. The zero-order valence-electron chi connectivity index (χ0n) is 8.04. The molecule has 2 heterocycles. The lowest BCUT2D eigenvalue weighted by Crippen LogP contribution is -1.99. The van der Waals surface area contributed by atoms with E-state index in [-0.39, 0.29) is 5.69 Å². The van der Waals surface area contributed by atoms with Crippen LogP contribution in [-0.2, 0) is 0 Å². The molecule has 2 aromatic heterocycles. The number of halogens is 1. The van der Waals surface area contributed by atoms with Gasteiger partial charge in [-0.05, 0) is 28.1 Å². The molecule has 0 aliphatic heterocycles. The van der Waals surface area contributed by atoms with Crippen molar-refractivity contribution in [2.75, 3.05) is 0 Å². The molecule has 0 spiro atoms. The topological polar surface area (TPSA) is 77.3 Å². The van der Waals surface area contributed by atoms with Gasteiger partial charge in [-0.2, -0.15) is 0 Å². The van der Waals surface area contributed by atoms with Gasteiger partial charge in [-0.3, -0.25) is 0 Å². The van der Waals surface area contributed by atoms with Crippen molar-refractivity contribution in [3.8, 4) is 11.3 Å². The molecule has 6 heteroatoms. The van der Waals surface area contributed by atoms with Gasteiger partial charge in [0.15, 0.2) is 0 Å². The Balaban J connectivity index is 2.26. The third-order valence-corrected chi connectivity index (χ3v) is 2.99. The highest BCUT2D eigenvalue weighted by Gasteiger charge is 2.07. The van der Waals surface area contributed by atoms with Crippen molar-refractivity contribution in [2.45, 2.75) is 0 Å². The number of nitrogens with one attached hydrogen (secondary N) is 3. The van der Waals surface area contributed by atoms with E-state index in [9.17, 15) is 4.79 Å². The van der Waals surface area contributed by atoms with E-state index in [0.717, 1.165) is 26.9 Å². The van der Waals surface area contributed by atoms with Crippen LogP contribution in [0.3, 0.4) is 0 Å². The minimum atomic E-state index is -0.201. The Labute approximate surface area is 98.1 Å². The number of benzene rings is 1. The molecule has 0 atom stereocenters. The number of rotatable bonds is 1. The number of aromatic amines is 3. The molecule has 80 valence electrons. The normalized spacial score (nSPS) is 11.1. The van der Waals surface area contributed by atoms with Crippen molar-refractivity contribution in [3.05, 3.63) is 39.6 Å². The van der Waals surface area contributed by atoms with Crippen molar-refractivity contribution in [1.82, 2.24) is 19.9 Å². The van der Waals surface area contributed by atoms with Gasteiger partial charge in [-0.25, -0.2) is 9.78 Å². The first kappa shape index (κ1) is 9.41. The van der Waals surface area contributed by atoms with E-state index in [1.807, 2.05) is 18.2 Å².